The van der Waals surface area contributed by atoms with Crippen LogP contribution >= 0.6 is 0 Å². The van der Waals surface area contributed by atoms with Crippen LogP contribution < -0.4 is 10.2 Å². The predicted octanol–water partition coefficient (Wildman–Crippen LogP) is 0.320. The molecule has 92 valence electrons. The van der Waals surface area contributed by atoms with E-state index in [0.717, 1.165) is 32.1 Å². The largest absolute Gasteiger partial charge is 0.378 e. The Kier molecular flexibility index (Phi) is 4.06. The molecule has 0 amide bonds. The topological polar surface area (TPSA) is 54.5 Å². The standard InChI is InChI=1S/C12H17N3O2/c1-13-9-11(16)10-2-3-12(14-8-10)15-4-6-17-7-5-15/h2-3,8,13H,4-7,9H2,1H3. The molecule has 2 rings (SSSR count). The molecule has 0 bridgehead atoms. The van der Waals surface area contributed by atoms with Gasteiger partial charge in [-0.25, -0.2) is 4.98 Å². The SMILES string of the molecule is CNCC(=O)c1ccc(N2CCOCC2)nc1. The lowest BCUT2D eigenvalue weighted by atomic mass is 10.2. The van der Waals surface area contributed by atoms with Gasteiger partial charge in [0.05, 0.1) is 19.8 Å². The van der Waals surface area contributed by atoms with E-state index >= 15 is 0 Å². The van der Waals surface area contributed by atoms with Gasteiger partial charge in [0.25, 0.3) is 0 Å². The summed E-state index contributed by atoms with van der Waals surface area (Å²) < 4.78 is 5.28. The van der Waals surface area contributed by atoms with Crippen molar-refractivity contribution in [3.63, 3.8) is 0 Å². The fourth-order valence-electron chi connectivity index (χ4n) is 1.79. The van der Waals surface area contributed by atoms with Crippen LogP contribution in [0.25, 0.3) is 0 Å². The molecule has 0 aliphatic carbocycles. The Labute approximate surface area is 101 Å². The van der Waals surface area contributed by atoms with Crippen molar-refractivity contribution in [3.05, 3.63) is 23.9 Å². The smallest absolute Gasteiger partial charge is 0.178 e. The summed E-state index contributed by atoms with van der Waals surface area (Å²) in [7, 11) is 1.76. The van der Waals surface area contributed by atoms with Crippen LogP contribution in [0.4, 0.5) is 5.82 Å². The van der Waals surface area contributed by atoms with E-state index < -0.39 is 0 Å². The van der Waals surface area contributed by atoms with Gasteiger partial charge in [-0.3, -0.25) is 4.79 Å². The molecule has 1 aliphatic heterocycles. The minimum absolute atomic E-state index is 0.0635. The summed E-state index contributed by atoms with van der Waals surface area (Å²) in [5, 5.41) is 2.84. The van der Waals surface area contributed by atoms with E-state index in [1.165, 1.54) is 0 Å². The van der Waals surface area contributed by atoms with Gasteiger partial charge in [-0.15, -0.1) is 0 Å². The van der Waals surface area contributed by atoms with Crippen molar-refractivity contribution >= 4 is 11.6 Å². The summed E-state index contributed by atoms with van der Waals surface area (Å²) in [5.74, 6) is 0.975. The van der Waals surface area contributed by atoms with Crippen LogP contribution in [0.1, 0.15) is 10.4 Å². The second-order valence-electron chi connectivity index (χ2n) is 3.96. The molecular formula is C12H17N3O2. The average Bonchev–Trinajstić information content (AvgIpc) is 2.40. The van der Waals surface area contributed by atoms with Gasteiger partial charge in [0.15, 0.2) is 5.78 Å². The zero-order valence-electron chi connectivity index (χ0n) is 9.98. The molecule has 0 radical (unpaired) electrons. The molecule has 1 fully saturated rings. The summed E-state index contributed by atoms with van der Waals surface area (Å²) in [6, 6.07) is 3.73. The van der Waals surface area contributed by atoms with Crippen molar-refractivity contribution in [2.24, 2.45) is 0 Å². The van der Waals surface area contributed by atoms with Crippen LogP contribution in [0.5, 0.6) is 0 Å². The summed E-state index contributed by atoms with van der Waals surface area (Å²) >= 11 is 0. The number of nitrogens with one attached hydrogen (secondary N) is 1. The van der Waals surface area contributed by atoms with Gasteiger partial charge in [-0.2, -0.15) is 0 Å². The van der Waals surface area contributed by atoms with Gasteiger partial charge >= 0.3 is 0 Å². The Balaban J connectivity index is 2.04. The van der Waals surface area contributed by atoms with E-state index in [1.54, 1.807) is 13.2 Å². The first-order valence-electron chi connectivity index (χ1n) is 5.78. The fourth-order valence-corrected chi connectivity index (χ4v) is 1.79. The Morgan fingerprint density at radius 2 is 2.24 bits per heavy atom. The number of hydrogen-bond acceptors (Lipinski definition) is 5. The number of carbonyl (C=O) groups excluding carboxylic acids is 1. The van der Waals surface area contributed by atoms with E-state index in [1.807, 2.05) is 12.1 Å². The van der Waals surface area contributed by atoms with Crippen LogP contribution in [0.15, 0.2) is 18.3 Å². The van der Waals surface area contributed by atoms with Crippen molar-refractivity contribution in [3.8, 4) is 0 Å². The van der Waals surface area contributed by atoms with Crippen LogP contribution in [0.2, 0.25) is 0 Å². The molecule has 0 aromatic carbocycles. The molecule has 1 aliphatic rings. The van der Waals surface area contributed by atoms with Crippen LogP contribution in [-0.4, -0.2) is 50.7 Å². The maximum Gasteiger partial charge on any atom is 0.178 e. The van der Waals surface area contributed by atoms with E-state index in [-0.39, 0.29) is 5.78 Å². The molecule has 2 heterocycles. The second-order valence-corrected chi connectivity index (χ2v) is 3.96. The minimum atomic E-state index is 0.0635. The van der Waals surface area contributed by atoms with E-state index in [4.69, 9.17) is 4.74 Å². The quantitative estimate of drug-likeness (QED) is 0.762. The number of ether oxygens (including phenoxy) is 1. The molecule has 0 spiro atoms. The van der Waals surface area contributed by atoms with Gasteiger partial charge in [-0.1, -0.05) is 0 Å². The number of rotatable bonds is 4. The monoisotopic (exact) mass is 235 g/mol. The lowest BCUT2D eigenvalue weighted by Gasteiger charge is -2.27. The van der Waals surface area contributed by atoms with Crippen LogP contribution in [-0.2, 0) is 4.74 Å². The van der Waals surface area contributed by atoms with Crippen LogP contribution in [0.3, 0.4) is 0 Å². The van der Waals surface area contributed by atoms with E-state index in [9.17, 15) is 4.79 Å². The first-order chi connectivity index (χ1) is 8.31. The Hall–Kier alpha value is -1.46. The van der Waals surface area contributed by atoms with Crippen molar-refractivity contribution in [2.45, 2.75) is 0 Å². The molecule has 0 atom stereocenters. The van der Waals surface area contributed by atoms with Gasteiger partial charge < -0.3 is 15.0 Å². The number of aromatic nitrogens is 1. The molecule has 0 saturated carbocycles. The summed E-state index contributed by atoms with van der Waals surface area (Å²) in [6.45, 7) is 3.54. The Bertz CT molecular complexity index is 372. The second kappa shape index (κ2) is 5.75. The van der Waals surface area contributed by atoms with Crippen molar-refractivity contribution < 1.29 is 9.53 Å². The number of Topliss-reactive ketones (excluding diaryl/α,β-unsaturated/α-hetero) is 1. The molecule has 5 heteroatoms. The number of nitrogens with zero attached hydrogens (tertiary/aromatic N) is 2. The molecule has 1 aromatic heterocycles. The van der Waals surface area contributed by atoms with Gasteiger partial charge in [-0.05, 0) is 19.2 Å². The lowest BCUT2D eigenvalue weighted by molar-refractivity contribution is 0.0993. The maximum atomic E-state index is 11.6. The number of pyridine rings is 1. The first kappa shape index (κ1) is 12.0. The van der Waals surface area contributed by atoms with Crippen molar-refractivity contribution in [1.82, 2.24) is 10.3 Å². The third-order valence-corrected chi connectivity index (χ3v) is 2.74. The van der Waals surface area contributed by atoms with Gasteiger partial charge in [0.1, 0.15) is 5.82 Å². The summed E-state index contributed by atoms with van der Waals surface area (Å²) in [4.78, 5) is 18.1. The fraction of sp³-hybridized carbons (Fsp3) is 0.500. The summed E-state index contributed by atoms with van der Waals surface area (Å²) in [5.41, 5.74) is 0.649. The number of anilines is 1. The van der Waals surface area contributed by atoms with E-state index in [2.05, 4.69) is 15.2 Å². The molecule has 5 nitrogen and oxygen atoms in total. The third-order valence-electron chi connectivity index (χ3n) is 2.74. The van der Waals surface area contributed by atoms with Crippen molar-refractivity contribution in [1.29, 1.82) is 0 Å². The first-order valence-corrected chi connectivity index (χ1v) is 5.78. The average molecular weight is 235 g/mol. The highest BCUT2D eigenvalue weighted by Crippen LogP contribution is 2.13. The molecule has 1 saturated heterocycles. The number of morpholine rings is 1. The van der Waals surface area contributed by atoms with Crippen molar-refractivity contribution in [2.75, 3.05) is 44.8 Å². The van der Waals surface area contributed by atoms with Gasteiger partial charge in [0, 0.05) is 24.8 Å². The number of carbonyl (C=O) groups is 1. The van der Waals surface area contributed by atoms with E-state index in [0.29, 0.717) is 12.1 Å². The predicted molar refractivity (Wildman–Crippen MR) is 65.5 cm³/mol. The minimum Gasteiger partial charge on any atom is -0.378 e. The Morgan fingerprint density at radius 3 is 2.82 bits per heavy atom. The zero-order chi connectivity index (χ0) is 12.1. The number of likely N-dealkylation sites (N-methyl/N-ethyl adjacent to an activating group) is 1. The molecular weight excluding hydrogens is 218 g/mol. The van der Waals surface area contributed by atoms with Crippen LogP contribution in [0, 0.1) is 0 Å². The normalized spacial score (nSPS) is 15.9. The Morgan fingerprint density at radius 1 is 1.47 bits per heavy atom. The number of hydrogen-bond donors (Lipinski definition) is 1. The molecule has 17 heavy (non-hydrogen) atoms. The molecule has 1 aromatic rings. The summed E-state index contributed by atoms with van der Waals surface area (Å²) in [6.07, 6.45) is 1.64. The third kappa shape index (κ3) is 3.01. The highest BCUT2D eigenvalue weighted by atomic mass is 16.5. The molecule has 0 unspecified atom stereocenters. The lowest BCUT2D eigenvalue weighted by Crippen LogP contribution is -2.36. The van der Waals surface area contributed by atoms with Gasteiger partial charge in [0.2, 0.25) is 0 Å². The number of ketones is 1. The maximum absolute atomic E-state index is 11.6. The highest BCUT2D eigenvalue weighted by Gasteiger charge is 2.12. The highest BCUT2D eigenvalue weighted by molar-refractivity contribution is 5.97. The zero-order valence-corrected chi connectivity index (χ0v) is 9.98. The molecule has 1 N–H and O–H groups in total.